The van der Waals surface area contributed by atoms with Gasteiger partial charge in [-0.05, 0) is 19.9 Å². The summed E-state index contributed by atoms with van der Waals surface area (Å²) in [6, 6.07) is 0. The van der Waals surface area contributed by atoms with Gasteiger partial charge in [0.15, 0.2) is 0 Å². The minimum atomic E-state index is 0.947. The summed E-state index contributed by atoms with van der Waals surface area (Å²) in [7, 11) is 0. The fourth-order valence-electron chi connectivity index (χ4n) is 0.827. The highest BCUT2D eigenvalue weighted by Gasteiger charge is 1.96. The summed E-state index contributed by atoms with van der Waals surface area (Å²) in [5, 5.41) is 0. The topological polar surface area (TPSA) is 28.7 Å². The molecule has 1 heterocycles. The molecule has 2 nitrogen and oxygen atoms in total. The maximum Gasteiger partial charge on any atom is 0.103 e. The number of aromatic nitrogens is 2. The van der Waals surface area contributed by atoms with Crippen molar-refractivity contribution in [1.29, 1.82) is 0 Å². The maximum absolute atomic E-state index is 4.16. The van der Waals surface area contributed by atoms with E-state index in [0.29, 0.717) is 0 Å². The Hall–Kier alpha value is -1.05. The lowest BCUT2D eigenvalue weighted by molar-refractivity contribution is 1.13. The molecule has 2 heteroatoms. The third-order valence-electron chi connectivity index (χ3n) is 1.23. The fraction of sp³-hybridized carbons (Fsp3) is 0.286. The Morgan fingerprint density at radius 3 is 2.44 bits per heavy atom. The van der Waals surface area contributed by atoms with E-state index in [2.05, 4.69) is 16.5 Å². The van der Waals surface area contributed by atoms with E-state index in [9.17, 15) is 0 Å². The predicted molar refractivity (Wildman–Crippen MR) is 38.2 cm³/mol. The Balaban J connectivity index is 3.15. The van der Waals surface area contributed by atoms with Crippen LogP contribution in [0.2, 0.25) is 0 Å². The lowest BCUT2D eigenvalue weighted by Crippen LogP contribution is -1.72. The zero-order valence-electron chi connectivity index (χ0n) is 5.73. The summed E-state index contributed by atoms with van der Waals surface area (Å²) < 4.78 is 0. The second-order valence-corrected chi connectivity index (χ2v) is 2.04. The number of hydrogen-bond donors (Lipinski definition) is 1. The van der Waals surface area contributed by atoms with Crippen molar-refractivity contribution in [1.82, 2.24) is 9.97 Å². The van der Waals surface area contributed by atoms with Crippen molar-refractivity contribution in [3.63, 3.8) is 0 Å². The van der Waals surface area contributed by atoms with Gasteiger partial charge < -0.3 is 4.98 Å². The quantitative estimate of drug-likeness (QED) is 0.603. The van der Waals surface area contributed by atoms with Crippen LogP contribution in [0.25, 0.3) is 6.08 Å². The summed E-state index contributed by atoms with van der Waals surface area (Å²) >= 11 is 0. The number of H-pyrrole nitrogens is 1. The smallest absolute Gasteiger partial charge is 0.103 e. The first kappa shape index (κ1) is 6.08. The molecule has 9 heavy (non-hydrogen) atoms. The van der Waals surface area contributed by atoms with Crippen molar-refractivity contribution in [2.45, 2.75) is 13.8 Å². The van der Waals surface area contributed by atoms with Crippen LogP contribution in [-0.2, 0) is 0 Å². The first-order valence-corrected chi connectivity index (χ1v) is 2.89. The van der Waals surface area contributed by atoms with Crippen molar-refractivity contribution in [2.24, 2.45) is 0 Å². The number of rotatable bonds is 1. The normalized spacial score (nSPS) is 9.56. The second-order valence-electron chi connectivity index (χ2n) is 2.04. The number of nitrogens with zero attached hydrogens (tertiary/aromatic N) is 1. The van der Waals surface area contributed by atoms with Gasteiger partial charge in [-0.25, -0.2) is 4.98 Å². The van der Waals surface area contributed by atoms with E-state index in [1.165, 1.54) is 0 Å². The van der Waals surface area contributed by atoms with Crippen molar-refractivity contribution < 1.29 is 0 Å². The predicted octanol–water partition coefficient (Wildman–Crippen LogP) is 1.67. The Morgan fingerprint density at radius 1 is 1.56 bits per heavy atom. The number of aryl methyl sites for hydroxylation is 2. The minimum Gasteiger partial charge on any atom is -0.346 e. The van der Waals surface area contributed by atoms with Gasteiger partial charge in [0.05, 0.1) is 5.69 Å². The summed E-state index contributed by atoms with van der Waals surface area (Å²) in [6.07, 6.45) is 1.75. The molecule has 0 radical (unpaired) electrons. The van der Waals surface area contributed by atoms with Crippen LogP contribution in [0.1, 0.15) is 17.2 Å². The largest absolute Gasteiger partial charge is 0.346 e. The van der Waals surface area contributed by atoms with Gasteiger partial charge in [0.1, 0.15) is 5.82 Å². The first-order chi connectivity index (χ1) is 4.24. The van der Waals surface area contributed by atoms with Gasteiger partial charge in [0.25, 0.3) is 0 Å². The highest BCUT2D eigenvalue weighted by Crippen LogP contribution is 2.03. The van der Waals surface area contributed by atoms with Crippen LogP contribution in [0.5, 0.6) is 0 Å². The molecule has 0 amide bonds. The minimum absolute atomic E-state index is 0.947. The summed E-state index contributed by atoms with van der Waals surface area (Å²) in [6.45, 7) is 7.54. The van der Waals surface area contributed by atoms with Crippen LogP contribution in [-0.4, -0.2) is 9.97 Å². The van der Waals surface area contributed by atoms with Crippen molar-refractivity contribution in [2.75, 3.05) is 0 Å². The van der Waals surface area contributed by atoms with Gasteiger partial charge in [0.2, 0.25) is 0 Å². The van der Waals surface area contributed by atoms with E-state index in [0.717, 1.165) is 17.2 Å². The van der Waals surface area contributed by atoms with Crippen LogP contribution in [0.4, 0.5) is 0 Å². The maximum atomic E-state index is 4.16. The Morgan fingerprint density at radius 2 is 2.22 bits per heavy atom. The highest BCUT2D eigenvalue weighted by atomic mass is 14.9. The summed E-state index contributed by atoms with van der Waals surface area (Å²) in [4.78, 5) is 7.23. The molecule has 1 aromatic heterocycles. The van der Waals surface area contributed by atoms with Crippen LogP contribution in [0.3, 0.4) is 0 Å². The molecule has 48 valence electrons. The van der Waals surface area contributed by atoms with Crippen molar-refractivity contribution in [3.8, 4) is 0 Å². The third-order valence-corrected chi connectivity index (χ3v) is 1.23. The molecule has 0 bridgehead atoms. The molecule has 0 atom stereocenters. The Labute approximate surface area is 54.6 Å². The molecule has 0 aliphatic heterocycles. The molecule has 0 unspecified atom stereocenters. The number of hydrogen-bond acceptors (Lipinski definition) is 1. The van der Waals surface area contributed by atoms with Crippen LogP contribution in [0, 0.1) is 13.8 Å². The van der Waals surface area contributed by atoms with E-state index in [1.54, 1.807) is 6.08 Å². The number of imidazole rings is 1. The molecule has 0 saturated heterocycles. The van der Waals surface area contributed by atoms with Crippen LogP contribution < -0.4 is 0 Å². The van der Waals surface area contributed by atoms with Crippen LogP contribution in [0.15, 0.2) is 6.58 Å². The molecule has 1 rings (SSSR count). The molecular formula is C7H10N2. The Kier molecular flexibility index (Phi) is 1.39. The molecular weight excluding hydrogens is 112 g/mol. The fourth-order valence-corrected chi connectivity index (χ4v) is 0.827. The van der Waals surface area contributed by atoms with E-state index in [1.807, 2.05) is 13.8 Å². The standard InChI is InChI=1S/C7H10N2/c1-4-7-5(2)8-6(3)9-7/h4H,1H2,2-3H3,(H,8,9). The zero-order chi connectivity index (χ0) is 6.85. The SMILES string of the molecule is C=Cc1nc(C)[nH]c1C. The van der Waals surface area contributed by atoms with Gasteiger partial charge in [-0.2, -0.15) is 0 Å². The third kappa shape index (κ3) is 1.02. The van der Waals surface area contributed by atoms with E-state index >= 15 is 0 Å². The average molecular weight is 122 g/mol. The van der Waals surface area contributed by atoms with E-state index < -0.39 is 0 Å². The summed E-state index contributed by atoms with van der Waals surface area (Å²) in [5.41, 5.74) is 2.04. The molecule has 0 saturated carbocycles. The monoisotopic (exact) mass is 122 g/mol. The zero-order valence-corrected chi connectivity index (χ0v) is 5.73. The van der Waals surface area contributed by atoms with Gasteiger partial charge in [-0.3, -0.25) is 0 Å². The molecule has 0 aromatic carbocycles. The molecule has 1 aromatic rings. The van der Waals surface area contributed by atoms with Crippen LogP contribution >= 0.6 is 0 Å². The van der Waals surface area contributed by atoms with Crippen molar-refractivity contribution >= 4 is 6.08 Å². The second kappa shape index (κ2) is 2.05. The molecule has 0 aliphatic carbocycles. The molecule has 1 N–H and O–H groups in total. The highest BCUT2D eigenvalue weighted by molar-refractivity contribution is 5.44. The Bertz CT molecular complexity index is 223. The molecule has 0 aliphatic rings. The van der Waals surface area contributed by atoms with Crippen molar-refractivity contribution in [3.05, 3.63) is 23.8 Å². The van der Waals surface area contributed by atoms with Gasteiger partial charge in [-0.1, -0.05) is 6.58 Å². The average Bonchev–Trinajstić information content (AvgIpc) is 2.10. The van der Waals surface area contributed by atoms with Gasteiger partial charge in [-0.15, -0.1) is 0 Å². The molecule has 0 spiro atoms. The van der Waals surface area contributed by atoms with E-state index in [4.69, 9.17) is 0 Å². The van der Waals surface area contributed by atoms with Gasteiger partial charge >= 0.3 is 0 Å². The molecule has 0 fully saturated rings. The lowest BCUT2D eigenvalue weighted by Gasteiger charge is -1.81. The van der Waals surface area contributed by atoms with Gasteiger partial charge in [0, 0.05) is 5.69 Å². The first-order valence-electron chi connectivity index (χ1n) is 2.89. The van der Waals surface area contributed by atoms with E-state index in [-0.39, 0.29) is 0 Å². The number of nitrogens with one attached hydrogen (secondary N) is 1. The summed E-state index contributed by atoms with van der Waals surface area (Å²) in [5.74, 6) is 0.947. The lowest BCUT2D eigenvalue weighted by atomic mass is 10.3. The number of aromatic amines is 1.